The van der Waals surface area contributed by atoms with Crippen LogP contribution in [0.4, 0.5) is 5.69 Å². The van der Waals surface area contributed by atoms with Crippen molar-refractivity contribution in [2.24, 2.45) is 0 Å². The van der Waals surface area contributed by atoms with Gasteiger partial charge in [-0.2, -0.15) is 0 Å². The molecular weight excluding hydrogens is 328 g/mol. The van der Waals surface area contributed by atoms with Crippen molar-refractivity contribution < 1.29 is 4.42 Å². The Hall–Kier alpha value is -1.26. The van der Waals surface area contributed by atoms with E-state index in [1.807, 2.05) is 13.0 Å². The summed E-state index contributed by atoms with van der Waals surface area (Å²) < 4.78 is 6.51. The standard InChI is InChI=1S/C17H21BrN2O/c1-12-14(7-8-21-12)11-20(2)17-9-15(18)4-3-13(17)10-19-16-5-6-16/h3-4,7-9,16,19H,5-6,10-11H2,1-2H3. The fourth-order valence-electron chi connectivity index (χ4n) is 2.50. The molecule has 0 atom stereocenters. The number of furan rings is 1. The molecule has 1 N–H and O–H groups in total. The summed E-state index contributed by atoms with van der Waals surface area (Å²) in [5.74, 6) is 0.995. The molecule has 1 fully saturated rings. The van der Waals surface area contributed by atoms with E-state index in [0.717, 1.165) is 29.4 Å². The van der Waals surface area contributed by atoms with Crippen LogP contribution < -0.4 is 10.2 Å². The van der Waals surface area contributed by atoms with Crippen molar-refractivity contribution in [2.75, 3.05) is 11.9 Å². The van der Waals surface area contributed by atoms with Crippen molar-refractivity contribution >= 4 is 21.6 Å². The van der Waals surface area contributed by atoms with Crippen LogP contribution in [0.5, 0.6) is 0 Å². The molecule has 0 radical (unpaired) electrons. The highest BCUT2D eigenvalue weighted by molar-refractivity contribution is 9.10. The van der Waals surface area contributed by atoms with Gasteiger partial charge in [-0.1, -0.05) is 22.0 Å². The minimum atomic E-state index is 0.725. The van der Waals surface area contributed by atoms with Crippen LogP contribution in [0.1, 0.15) is 29.7 Å². The van der Waals surface area contributed by atoms with Crippen LogP contribution in [-0.4, -0.2) is 13.1 Å². The Morgan fingerprint density at radius 2 is 2.10 bits per heavy atom. The van der Waals surface area contributed by atoms with Crippen LogP contribution in [0.25, 0.3) is 0 Å². The lowest BCUT2D eigenvalue weighted by atomic mass is 10.1. The summed E-state index contributed by atoms with van der Waals surface area (Å²) in [6.07, 6.45) is 4.39. The maximum Gasteiger partial charge on any atom is 0.105 e. The first-order chi connectivity index (χ1) is 10.1. The van der Waals surface area contributed by atoms with Crippen molar-refractivity contribution in [3.05, 3.63) is 51.9 Å². The predicted molar refractivity (Wildman–Crippen MR) is 89.6 cm³/mol. The fourth-order valence-corrected chi connectivity index (χ4v) is 2.85. The van der Waals surface area contributed by atoms with E-state index < -0.39 is 0 Å². The zero-order valence-electron chi connectivity index (χ0n) is 12.5. The zero-order valence-corrected chi connectivity index (χ0v) is 14.1. The highest BCUT2D eigenvalue weighted by atomic mass is 79.9. The average Bonchev–Trinajstić information content (AvgIpc) is 3.21. The summed E-state index contributed by atoms with van der Waals surface area (Å²) in [4.78, 5) is 2.28. The molecule has 112 valence electrons. The Morgan fingerprint density at radius 1 is 1.29 bits per heavy atom. The first kappa shape index (κ1) is 14.7. The van der Waals surface area contributed by atoms with Gasteiger partial charge in [0.1, 0.15) is 5.76 Å². The molecule has 1 aliphatic carbocycles. The lowest BCUT2D eigenvalue weighted by Crippen LogP contribution is -2.21. The second kappa shape index (κ2) is 6.24. The van der Waals surface area contributed by atoms with E-state index >= 15 is 0 Å². The molecule has 0 amide bonds. The van der Waals surface area contributed by atoms with Gasteiger partial charge in [-0.25, -0.2) is 0 Å². The monoisotopic (exact) mass is 348 g/mol. The average molecular weight is 349 g/mol. The number of benzene rings is 1. The third-order valence-corrected chi connectivity index (χ3v) is 4.48. The Morgan fingerprint density at radius 3 is 2.76 bits per heavy atom. The summed E-state index contributed by atoms with van der Waals surface area (Å²) in [7, 11) is 2.13. The van der Waals surface area contributed by atoms with E-state index in [4.69, 9.17) is 4.42 Å². The Labute approximate surface area is 134 Å². The van der Waals surface area contributed by atoms with Crippen molar-refractivity contribution in [2.45, 2.75) is 38.9 Å². The number of rotatable bonds is 6. The van der Waals surface area contributed by atoms with Crippen molar-refractivity contribution in [3.63, 3.8) is 0 Å². The Balaban J connectivity index is 1.77. The summed E-state index contributed by atoms with van der Waals surface area (Å²) in [5, 5.41) is 3.60. The molecule has 0 aliphatic heterocycles. The first-order valence-corrected chi connectivity index (χ1v) is 8.18. The molecule has 1 aromatic heterocycles. The largest absolute Gasteiger partial charge is 0.469 e. The molecule has 0 unspecified atom stereocenters. The summed E-state index contributed by atoms with van der Waals surface area (Å²) in [6, 6.07) is 9.28. The zero-order chi connectivity index (χ0) is 14.8. The third kappa shape index (κ3) is 3.69. The maximum absolute atomic E-state index is 5.39. The van der Waals surface area contributed by atoms with Gasteiger partial charge in [0.15, 0.2) is 0 Å². The summed E-state index contributed by atoms with van der Waals surface area (Å²) in [5.41, 5.74) is 3.84. The van der Waals surface area contributed by atoms with Gasteiger partial charge in [0, 0.05) is 41.9 Å². The van der Waals surface area contributed by atoms with Gasteiger partial charge in [0.05, 0.1) is 6.26 Å². The molecule has 2 aromatic rings. The van der Waals surface area contributed by atoms with Gasteiger partial charge in [-0.05, 0) is 43.5 Å². The first-order valence-electron chi connectivity index (χ1n) is 7.39. The number of hydrogen-bond donors (Lipinski definition) is 1. The molecule has 0 saturated heterocycles. The lowest BCUT2D eigenvalue weighted by molar-refractivity contribution is 0.529. The molecule has 4 heteroatoms. The highest BCUT2D eigenvalue weighted by Crippen LogP contribution is 2.27. The molecular formula is C17H21BrN2O. The van der Waals surface area contributed by atoms with Crippen LogP contribution in [0.3, 0.4) is 0 Å². The van der Waals surface area contributed by atoms with Gasteiger partial charge >= 0.3 is 0 Å². The number of hydrogen-bond acceptors (Lipinski definition) is 3. The Bertz CT molecular complexity index is 619. The van der Waals surface area contributed by atoms with Crippen LogP contribution in [0.15, 0.2) is 39.4 Å². The fraction of sp³-hybridized carbons (Fsp3) is 0.412. The van der Waals surface area contributed by atoms with Crippen LogP contribution in [0.2, 0.25) is 0 Å². The number of anilines is 1. The smallest absolute Gasteiger partial charge is 0.105 e. The van der Waals surface area contributed by atoms with E-state index in [2.05, 4.69) is 51.4 Å². The molecule has 3 rings (SSSR count). The molecule has 0 spiro atoms. The van der Waals surface area contributed by atoms with Crippen molar-refractivity contribution in [1.29, 1.82) is 0 Å². The van der Waals surface area contributed by atoms with Gasteiger partial charge in [0.25, 0.3) is 0 Å². The van der Waals surface area contributed by atoms with Crippen molar-refractivity contribution in [1.82, 2.24) is 5.32 Å². The normalized spacial score (nSPS) is 14.4. The van der Waals surface area contributed by atoms with Gasteiger partial charge in [-0.15, -0.1) is 0 Å². The minimum absolute atomic E-state index is 0.725. The van der Waals surface area contributed by atoms with Crippen LogP contribution in [-0.2, 0) is 13.1 Å². The molecule has 1 aromatic carbocycles. The van der Waals surface area contributed by atoms with Crippen molar-refractivity contribution in [3.8, 4) is 0 Å². The van der Waals surface area contributed by atoms with Crippen LogP contribution >= 0.6 is 15.9 Å². The third-order valence-electron chi connectivity index (χ3n) is 3.99. The molecule has 21 heavy (non-hydrogen) atoms. The number of nitrogens with zero attached hydrogens (tertiary/aromatic N) is 1. The molecule has 1 saturated carbocycles. The van der Waals surface area contributed by atoms with Crippen LogP contribution in [0, 0.1) is 6.92 Å². The number of halogens is 1. The Kier molecular flexibility index (Phi) is 4.36. The second-order valence-corrected chi connectivity index (χ2v) is 6.70. The number of aryl methyl sites for hydroxylation is 1. The van der Waals surface area contributed by atoms with Gasteiger partial charge in [-0.3, -0.25) is 0 Å². The SMILES string of the molecule is Cc1occc1CN(C)c1cc(Br)ccc1CNC1CC1. The summed E-state index contributed by atoms with van der Waals surface area (Å²) in [6.45, 7) is 3.80. The molecule has 3 nitrogen and oxygen atoms in total. The van der Waals surface area contributed by atoms with E-state index in [9.17, 15) is 0 Å². The molecule has 1 heterocycles. The topological polar surface area (TPSA) is 28.4 Å². The predicted octanol–water partition coefficient (Wildman–Crippen LogP) is 4.24. The van der Waals surface area contributed by atoms with E-state index in [1.54, 1.807) is 6.26 Å². The van der Waals surface area contributed by atoms with E-state index in [-0.39, 0.29) is 0 Å². The minimum Gasteiger partial charge on any atom is -0.469 e. The second-order valence-electron chi connectivity index (χ2n) is 5.79. The molecule has 0 bridgehead atoms. The number of nitrogens with one attached hydrogen (secondary N) is 1. The van der Waals surface area contributed by atoms with E-state index in [1.165, 1.54) is 29.7 Å². The maximum atomic E-state index is 5.39. The van der Waals surface area contributed by atoms with E-state index in [0.29, 0.717) is 0 Å². The molecule has 1 aliphatic rings. The van der Waals surface area contributed by atoms with Gasteiger partial charge < -0.3 is 14.6 Å². The highest BCUT2D eigenvalue weighted by Gasteiger charge is 2.21. The summed E-state index contributed by atoms with van der Waals surface area (Å²) >= 11 is 3.58. The lowest BCUT2D eigenvalue weighted by Gasteiger charge is -2.23. The quantitative estimate of drug-likeness (QED) is 0.846. The van der Waals surface area contributed by atoms with Gasteiger partial charge in [0.2, 0.25) is 0 Å².